The fourth-order valence-electron chi connectivity index (χ4n) is 1.75. The molecule has 6 heteroatoms. The van der Waals surface area contributed by atoms with Crippen molar-refractivity contribution < 1.29 is 9.66 Å². The number of rotatable bonds is 5. The highest BCUT2D eigenvalue weighted by Gasteiger charge is 2.11. The molecule has 2 aromatic rings. The molecule has 2 N–H and O–H groups in total. The molecule has 0 heterocycles. The van der Waals surface area contributed by atoms with Gasteiger partial charge in [-0.15, -0.1) is 0 Å². The van der Waals surface area contributed by atoms with Crippen LogP contribution in [0, 0.1) is 10.1 Å². The Balaban J connectivity index is 2.17. The summed E-state index contributed by atoms with van der Waals surface area (Å²) in [5.41, 5.74) is 7.23. The van der Waals surface area contributed by atoms with Crippen LogP contribution in [0.3, 0.4) is 0 Å². The Labute approximate surface area is 124 Å². The highest BCUT2D eigenvalue weighted by atomic mass is 79.9. The maximum Gasteiger partial charge on any atom is 0.270 e. The van der Waals surface area contributed by atoms with E-state index in [0.29, 0.717) is 17.9 Å². The molecule has 2 aromatic carbocycles. The van der Waals surface area contributed by atoms with Gasteiger partial charge in [0.1, 0.15) is 12.4 Å². The Bertz CT molecular complexity index is 632. The largest absolute Gasteiger partial charge is 0.489 e. The Kier molecular flexibility index (Phi) is 4.70. The molecule has 0 aliphatic carbocycles. The van der Waals surface area contributed by atoms with Crippen LogP contribution in [0.5, 0.6) is 5.75 Å². The molecule has 0 aliphatic rings. The maximum absolute atomic E-state index is 10.7. The first-order valence-electron chi connectivity index (χ1n) is 5.95. The average molecular weight is 337 g/mol. The predicted octanol–water partition coefficient (Wildman–Crippen LogP) is 3.40. The second kappa shape index (κ2) is 6.49. The summed E-state index contributed by atoms with van der Waals surface area (Å²) in [6.07, 6.45) is 0. The van der Waals surface area contributed by atoms with E-state index in [4.69, 9.17) is 10.5 Å². The summed E-state index contributed by atoms with van der Waals surface area (Å²) in [7, 11) is 0. The second-order valence-corrected chi connectivity index (χ2v) is 4.99. The Hall–Kier alpha value is -1.92. The molecule has 0 fully saturated rings. The lowest BCUT2D eigenvalue weighted by molar-refractivity contribution is -0.384. The standard InChI is InChI=1S/C14H13BrN2O3/c15-13-4-2-1-3-10(13)9-20-14-6-5-12(17(18)19)7-11(14)8-16/h1-7H,8-9,16H2. The van der Waals surface area contributed by atoms with Crippen molar-refractivity contribution in [2.24, 2.45) is 5.73 Å². The van der Waals surface area contributed by atoms with Gasteiger partial charge in [0.25, 0.3) is 5.69 Å². The molecule has 104 valence electrons. The highest BCUT2D eigenvalue weighted by Crippen LogP contribution is 2.25. The van der Waals surface area contributed by atoms with Crippen LogP contribution >= 0.6 is 15.9 Å². The fraction of sp³-hybridized carbons (Fsp3) is 0.143. The van der Waals surface area contributed by atoms with Crippen LogP contribution < -0.4 is 10.5 Å². The third-order valence-corrected chi connectivity index (χ3v) is 3.59. The lowest BCUT2D eigenvalue weighted by atomic mass is 10.1. The summed E-state index contributed by atoms with van der Waals surface area (Å²) in [5.74, 6) is 0.564. The molecule has 0 atom stereocenters. The van der Waals surface area contributed by atoms with E-state index >= 15 is 0 Å². The molecule has 0 amide bonds. The number of nitrogens with two attached hydrogens (primary N) is 1. The van der Waals surface area contributed by atoms with E-state index in [-0.39, 0.29) is 12.2 Å². The first kappa shape index (κ1) is 14.5. The van der Waals surface area contributed by atoms with Crippen LogP contribution in [0.15, 0.2) is 46.9 Å². The molecule has 2 rings (SSSR count). The third-order valence-electron chi connectivity index (χ3n) is 2.82. The molecule has 0 unspecified atom stereocenters. The quantitative estimate of drug-likeness (QED) is 0.670. The summed E-state index contributed by atoms with van der Waals surface area (Å²) in [6.45, 7) is 0.555. The van der Waals surface area contributed by atoms with E-state index in [0.717, 1.165) is 10.0 Å². The van der Waals surface area contributed by atoms with Gasteiger partial charge in [0.2, 0.25) is 0 Å². The number of nitro groups is 1. The van der Waals surface area contributed by atoms with Gasteiger partial charge in [-0.1, -0.05) is 34.1 Å². The number of nitro benzene ring substituents is 1. The van der Waals surface area contributed by atoms with Crippen LogP contribution in [0.2, 0.25) is 0 Å². The molecule has 0 bridgehead atoms. The van der Waals surface area contributed by atoms with Crippen molar-refractivity contribution in [3.63, 3.8) is 0 Å². The summed E-state index contributed by atoms with van der Waals surface area (Å²) in [6, 6.07) is 12.1. The molecular formula is C14H13BrN2O3. The molecular weight excluding hydrogens is 324 g/mol. The number of halogens is 1. The van der Waals surface area contributed by atoms with Crippen LogP contribution in [0.1, 0.15) is 11.1 Å². The molecule has 5 nitrogen and oxygen atoms in total. The van der Waals surface area contributed by atoms with Crippen LogP contribution in [0.25, 0.3) is 0 Å². The van der Waals surface area contributed by atoms with E-state index in [2.05, 4.69) is 15.9 Å². The molecule has 0 aromatic heterocycles. The molecule has 20 heavy (non-hydrogen) atoms. The Morgan fingerprint density at radius 1 is 1.20 bits per heavy atom. The van der Waals surface area contributed by atoms with Crippen molar-refractivity contribution in [3.8, 4) is 5.75 Å². The summed E-state index contributed by atoms with van der Waals surface area (Å²) >= 11 is 3.44. The molecule has 0 aliphatic heterocycles. The monoisotopic (exact) mass is 336 g/mol. The van der Waals surface area contributed by atoms with Gasteiger partial charge in [0, 0.05) is 34.3 Å². The number of non-ortho nitro benzene ring substituents is 1. The topological polar surface area (TPSA) is 78.4 Å². The highest BCUT2D eigenvalue weighted by molar-refractivity contribution is 9.10. The zero-order valence-corrected chi connectivity index (χ0v) is 12.2. The van der Waals surface area contributed by atoms with Gasteiger partial charge in [-0.2, -0.15) is 0 Å². The predicted molar refractivity (Wildman–Crippen MR) is 79.5 cm³/mol. The lowest BCUT2D eigenvalue weighted by Gasteiger charge is -2.11. The molecule has 0 spiro atoms. The third kappa shape index (κ3) is 3.34. The summed E-state index contributed by atoms with van der Waals surface area (Å²) in [5, 5.41) is 10.7. The molecule has 0 radical (unpaired) electrons. The maximum atomic E-state index is 10.7. The van der Waals surface area contributed by atoms with Crippen molar-refractivity contribution in [2.45, 2.75) is 13.2 Å². The van der Waals surface area contributed by atoms with Crippen LogP contribution in [-0.2, 0) is 13.2 Å². The van der Waals surface area contributed by atoms with Crippen LogP contribution in [0.4, 0.5) is 5.69 Å². The van der Waals surface area contributed by atoms with Crippen LogP contribution in [-0.4, -0.2) is 4.92 Å². The molecule has 0 saturated carbocycles. The van der Waals surface area contributed by atoms with Gasteiger partial charge < -0.3 is 10.5 Å². The minimum atomic E-state index is -0.448. The van der Waals surface area contributed by atoms with Gasteiger partial charge in [-0.05, 0) is 12.1 Å². The SMILES string of the molecule is NCc1cc([N+](=O)[O-])ccc1OCc1ccccc1Br. The number of ether oxygens (including phenoxy) is 1. The summed E-state index contributed by atoms with van der Waals surface area (Å²) < 4.78 is 6.65. The van der Waals surface area contributed by atoms with E-state index in [1.807, 2.05) is 24.3 Å². The zero-order chi connectivity index (χ0) is 14.5. The van der Waals surface area contributed by atoms with Gasteiger partial charge >= 0.3 is 0 Å². The number of hydrogen-bond donors (Lipinski definition) is 1. The lowest BCUT2D eigenvalue weighted by Crippen LogP contribution is -2.04. The van der Waals surface area contributed by atoms with E-state index in [1.54, 1.807) is 6.07 Å². The first-order chi connectivity index (χ1) is 9.61. The minimum Gasteiger partial charge on any atom is -0.489 e. The normalized spacial score (nSPS) is 10.3. The summed E-state index contributed by atoms with van der Waals surface area (Å²) in [4.78, 5) is 10.3. The minimum absolute atomic E-state index is 0.0127. The van der Waals surface area contributed by atoms with E-state index in [9.17, 15) is 10.1 Å². The molecule has 0 saturated heterocycles. The van der Waals surface area contributed by atoms with Gasteiger partial charge in [-0.3, -0.25) is 10.1 Å². The smallest absolute Gasteiger partial charge is 0.270 e. The van der Waals surface area contributed by atoms with Crippen molar-refractivity contribution in [3.05, 3.63) is 68.2 Å². The number of nitrogens with zero attached hydrogens (tertiary/aromatic N) is 1. The van der Waals surface area contributed by atoms with E-state index < -0.39 is 4.92 Å². The van der Waals surface area contributed by atoms with Gasteiger partial charge in [-0.25, -0.2) is 0 Å². The van der Waals surface area contributed by atoms with E-state index in [1.165, 1.54) is 12.1 Å². The second-order valence-electron chi connectivity index (χ2n) is 4.13. The Morgan fingerprint density at radius 3 is 2.60 bits per heavy atom. The van der Waals surface area contributed by atoms with Gasteiger partial charge in [0.15, 0.2) is 0 Å². The average Bonchev–Trinajstić information content (AvgIpc) is 2.46. The van der Waals surface area contributed by atoms with Crippen molar-refractivity contribution in [1.29, 1.82) is 0 Å². The van der Waals surface area contributed by atoms with Crippen molar-refractivity contribution >= 4 is 21.6 Å². The fourth-order valence-corrected chi connectivity index (χ4v) is 2.15. The zero-order valence-electron chi connectivity index (χ0n) is 10.6. The van der Waals surface area contributed by atoms with Crippen molar-refractivity contribution in [2.75, 3.05) is 0 Å². The van der Waals surface area contributed by atoms with Gasteiger partial charge in [0.05, 0.1) is 4.92 Å². The number of benzene rings is 2. The van der Waals surface area contributed by atoms with Crippen molar-refractivity contribution in [1.82, 2.24) is 0 Å². The Morgan fingerprint density at radius 2 is 1.95 bits per heavy atom. The number of hydrogen-bond acceptors (Lipinski definition) is 4. The first-order valence-corrected chi connectivity index (χ1v) is 6.74.